The van der Waals surface area contributed by atoms with Crippen LogP contribution in [-0.2, 0) is 9.53 Å². The molecule has 0 N–H and O–H groups in total. The number of carbonyl (C=O) groups excluding carboxylic acids is 1. The van der Waals surface area contributed by atoms with Gasteiger partial charge >= 0.3 is 0 Å². The molecular weight excluding hydrogens is 280 g/mol. The molecule has 6 nitrogen and oxygen atoms in total. The Morgan fingerprint density at radius 3 is 2.55 bits per heavy atom. The number of hydrogen-bond acceptors (Lipinski definition) is 5. The van der Waals surface area contributed by atoms with Crippen LogP contribution >= 0.6 is 0 Å². The lowest BCUT2D eigenvalue weighted by molar-refractivity contribution is -0.132. The predicted molar refractivity (Wildman–Crippen MR) is 84.9 cm³/mol. The Hall–Kier alpha value is -1.66. The molecule has 3 heterocycles. The Kier molecular flexibility index (Phi) is 5.24. The van der Waals surface area contributed by atoms with E-state index < -0.39 is 0 Å². The maximum Gasteiger partial charge on any atom is 0.223 e. The van der Waals surface area contributed by atoms with Crippen molar-refractivity contribution < 1.29 is 9.53 Å². The van der Waals surface area contributed by atoms with Crippen LogP contribution in [0, 0.1) is 0 Å². The quantitative estimate of drug-likeness (QED) is 0.808. The van der Waals surface area contributed by atoms with E-state index in [-0.39, 0.29) is 5.91 Å². The van der Waals surface area contributed by atoms with Crippen LogP contribution in [0.25, 0.3) is 0 Å². The van der Waals surface area contributed by atoms with Crippen molar-refractivity contribution in [2.24, 2.45) is 0 Å². The number of amides is 1. The fraction of sp³-hybridized carbons (Fsp3) is 0.625. The number of pyridine rings is 1. The van der Waals surface area contributed by atoms with E-state index in [0.29, 0.717) is 6.42 Å². The molecule has 22 heavy (non-hydrogen) atoms. The van der Waals surface area contributed by atoms with E-state index in [1.165, 1.54) is 0 Å². The van der Waals surface area contributed by atoms with Crippen molar-refractivity contribution in [3.63, 3.8) is 0 Å². The number of piperazine rings is 1. The van der Waals surface area contributed by atoms with Gasteiger partial charge in [0.25, 0.3) is 0 Å². The second-order valence-corrected chi connectivity index (χ2v) is 5.76. The molecule has 0 saturated carbocycles. The first-order valence-electron chi connectivity index (χ1n) is 8.07. The zero-order chi connectivity index (χ0) is 15.2. The van der Waals surface area contributed by atoms with Gasteiger partial charge in [-0.2, -0.15) is 0 Å². The second kappa shape index (κ2) is 7.56. The highest BCUT2D eigenvalue weighted by Crippen LogP contribution is 2.13. The van der Waals surface area contributed by atoms with Gasteiger partial charge in [-0.3, -0.25) is 9.69 Å². The molecule has 1 amide bonds. The topological polar surface area (TPSA) is 48.9 Å². The van der Waals surface area contributed by atoms with Gasteiger partial charge < -0.3 is 14.5 Å². The number of aromatic nitrogens is 1. The molecule has 0 radical (unpaired) electrons. The number of nitrogens with zero attached hydrogens (tertiary/aromatic N) is 4. The SMILES string of the molecule is O=C(CCN1CCOCC1)N1CCN(c2ccccn2)CC1. The zero-order valence-corrected chi connectivity index (χ0v) is 13.0. The van der Waals surface area contributed by atoms with Crippen molar-refractivity contribution in [3.05, 3.63) is 24.4 Å². The van der Waals surface area contributed by atoms with E-state index in [9.17, 15) is 4.79 Å². The first-order chi connectivity index (χ1) is 10.8. The fourth-order valence-corrected chi connectivity index (χ4v) is 2.96. The third kappa shape index (κ3) is 3.96. The largest absolute Gasteiger partial charge is 0.379 e. The van der Waals surface area contributed by atoms with Crippen LogP contribution in [0.2, 0.25) is 0 Å². The van der Waals surface area contributed by atoms with Crippen LogP contribution in [0.1, 0.15) is 6.42 Å². The average molecular weight is 304 g/mol. The number of hydrogen-bond donors (Lipinski definition) is 0. The maximum absolute atomic E-state index is 12.3. The minimum absolute atomic E-state index is 0.271. The summed E-state index contributed by atoms with van der Waals surface area (Å²) in [6.45, 7) is 7.62. The van der Waals surface area contributed by atoms with E-state index in [4.69, 9.17) is 4.74 Å². The molecule has 0 unspecified atom stereocenters. The molecular formula is C16H24N4O2. The summed E-state index contributed by atoms with van der Waals surface area (Å²) in [6, 6.07) is 5.95. The molecule has 0 atom stereocenters. The molecule has 2 saturated heterocycles. The summed E-state index contributed by atoms with van der Waals surface area (Å²) < 4.78 is 5.33. The van der Waals surface area contributed by atoms with Crippen LogP contribution in [0.3, 0.4) is 0 Å². The molecule has 0 spiro atoms. The molecule has 0 aliphatic carbocycles. The number of ether oxygens (including phenoxy) is 1. The van der Waals surface area contributed by atoms with Gasteiger partial charge in [0.2, 0.25) is 5.91 Å². The maximum atomic E-state index is 12.3. The standard InChI is InChI=1S/C16H24N4O2/c21-16(4-6-18-11-13-22-14-12-18)20-9-7-19(8-10-20)15-3-1-2-5-17-15/h1-3,5H,4,6-14H2. The van der Waals surface area contributed by atoms with E-state index in [1.54, 1.807) is 0 Å². The van der Waals surface area contributed by atoms with Crippen molar-refractivity contribution in [1.82, 2.24) is 14.8 Å². The molecule has 0 bridgehead atoms. The van der Waals surface area contributed by atoms with Crippen LogP contribution in [0.4, 0.5) is 5.82 Å². The van der Waals surface area contributed by atoms with Gasteiger partial charge in [0, 0.05) is 58.4 Å². The van der Waals surface area contributed by atoms with Crippen molar-refractivity contribution in [1.29, 1.82) is 0 Å². The first-order valence-corrected chi connectivity index (χ1v) is 8.07. The van der Waals surface area contributed by atoms with Crippen molar-refractivity contribution in [3.8, 4) is 0 Å². The lowest BCUT2D eigenvalue weighted by Crippen LogP contribution is -2.49. The summed E-state index contributed by atoms with van der Waals surface area (Å²) in [5, 5.41) is 0. The summed E-state index contributed by atoms with van der Waals surface area (Å²) in [5.74, 6) is 1.27. The smallest absolute Gasteiger partial charge is 0.223 e. The minimum atomic E-state index is 0.271. The second-order valence-electron chi connectivity index (χ2n) is 5.76. The first kappa shape index (κ1) is 15.2. The highest BCUT2D eigenvalue weighted by molar-refractivity contribution is 5.76. The number of carbonyl (C=O) groups is 1. The van der Waals surface area contributed by atoms with Crippen LogP contribution in [-0.4, -0.2) is 79.7 Å². The molecule has 6 heteroatoms. The van der Waals surface area contributed by atoms with Crippen LogP contribution < -0.4 is 4.90 Å². The Balaban J connectivity index is 1.41. The van der Waals surface area contributed by atoms with Gasteiger partial charge in [-0.15, -0.1) is 0 Å². The van der Waals surface area contributed by atoms with Crippen molar-refractivity contribution in [2.45, 2.75) is 6.42 Å². The van der Waals surface area contributed by atoms with Crippen molar-refractivity contribution >= 4 is 11.7 Å². The summed E-state index contributed by atoms with van der Waals surface area (Å²) in [4.78, 5) is 23.2. The summed E-state index contributed by atoms with van der Waals surface area (Å²) in [7, 11) is 0. The van der Waals surface area contributed by atoms with E-state index in [2.05, 4.69) is 14.8 Å². The predicted octanol–water partition coefficient (Wildman–Crippen LogP) is 0.453. The Bertz CT molecular complexity index is 468. The highest BCUT2D eigenvalue weighted by atomic mass is 16.5. The minimum Gasteiger partial charge on any atom is -0.379 e. The molecule has 3 rings (SSSR count). The molecule has 0 aromatic carbocycles. The molecule has 2 aliphatic heterocycles. The van der Waals surface area contributed by atoms with Gasteiger partial charge in [0.15, 0.2) is 0 Å². The van der Waals surface area contributed by atoms with E-state index >= 15 is 0 Å². The molecule has 2 aliphatic rings. The Labute approximate surface area is 131 Å². The van der Waals surface area contributed by atoms with Gasteiger partial charge in [-0.05, 0) is 12.1 Å². The van der Waals surface area contributed by atoms with Crippen LogP contribution in [0.5, 0.6) is 0 Å². The summed E-state index contributed by atoms with van der Waals surface area (Å²) in [6.07, 6.45) is 2.43. The Morgan fingerprint density at radius 1 is 1.09 bits per heavy atom. The monoisotopic (exact) mass is 304 g/mol. The zero-order valence-electron chi connectivity index (χ0n) is 13.0. The number of anilines is 1. The fourth-order valence-electron chi connectivity index (χ4n) is 2.96. The van der Waals surface area contributed by atoms with Gasteiger partial charge in [-0.1, -0.05) is 6.07 Å². The normalized spacial score (nSPS) is 20.2. The Morgan fingerprint density at radius 2 is 1.86 bits per heavy atom. The van der Waals surface area contributed by atoms with Crippen molar-refractivity contribution in [2.75, 3.05) is 63.9 Å². The lowest BCUT2D eigenvalue weighted by atomic mass is 10.2. The van der Waals surface area contributed by atoms with Gasteiger partial charge in [0.05, 0.1) is 13.2 Å². The van der Waals surface area contributed by atoms with Gasteiger partial charge in [-0.25, -0.2) is 4.98 Å². The van der Waals surface area contributed by atoms with Crippen LogP contribution in [0.15, 0.2) is 24.4 Å². The van der Waals surface area contributed by atoms with E-state index in [1.807, 2.05) is 29.3 Å². The van der Waals surface area contributed by atoms with Gasteiger partial charge in [0.1, 0.15) is 5.82 Å². The van der Waals surface area contributed by atoms with E-state index in [0.717, 1.165) is 64.8 Å². The average Bonchev–Trinajstić information content (AvgIpc) is 2.61. The number of rotatable bonds is 4. The lowest BCUT2D eigenvalue weighted by Gasteiger charge is -2.36. The summed E-state index contributed by atoms with van der Waals surface area (Å²) >= 11 is 0. The molecule has 1 aromatic heterocycles. The highest BCUT2D eigenvalue weighted by Gasteiger charge is 2.22. The molecule has 120 valence electrons. The number of morpholine rings is 1. The summed E-state index contributed by atoms with van der Waals surface area (Å²) in [5.41, 5.74) is 0. The third-order valence-corrected chi connectivity index (χ3v) is 4.35. The molecule has 1 aromatic rings. The molecule has 2 fully saturated rings. The third-order valence-electron chi connectivity index (χ3n) is 4.35.